The summed E-state index contributed by atoms with van der Waals surface area (Å²) in [4.78, 5) is 12.4. The molecule has 8 heteroatoms. The van der Waals surface area contributed by atoms with Crippen LogP contribution in [0.3, 0.4) is 0 Å². The van der Waals surface area contributed by atoms with Gasteiger partial charge in [-0.25, -0.2) is 0 Å². The van der Waals surface area contributed by atoms with E-state index < -0.39 is 0 Å². The standard InChI is InChI=1S/C14H10ClN3O3S/c15-11-7-6-10(22-11)13(19)16-14-18-17-12(21-14)8-20-9-4-2-1-3-5-9/h1-7H,8H2,(H,16,18,19). The van der Waals surface area contributed by atoms with Gasteiger partial charge in [0.2, 0.25) is 0 Å². The number of hydrogen-bond donors (Lipinski definition) is 1. The first-order valence-corrected chi connectivity index (χ1v) is 7.47. The minimum absolute atomic E-state index is 0.0150. The number of halogens is 1. The number of nitrogens with one attached hydrogen (secondary N) is 1. The lowest BCUT2D eigenvalue weighted by atomic mass is 10.3. The number of carbonyl (C=O) groups excluding carboxylic acids is 1. The number of para-hydroxylation sites is 1. The maximum atomic E-state index is 11.9. The molecule has 22 heavy (non-hydrogen) atoms. The maximum Gasteiger partial charge on any atom is 0.322 e. The molecule has 3 rings (SSSR count). The molecule has 0 atom stereocenters. The molecule has 0 aliphatic heterocycles. The van der Waals surface area contributed by atoms with Crippen LogP contribution in [-0.2, 0) is 6.61 Å². The van der Waals surface area contributed by atoms with E-state index in [2.05, 4.69) is 15.5 Å². The Kier molecular flexibility index (Phi) is 4.36. The van der Waals surface area contributed by atoms with Crippen molar-refractivity contribution in [2.75, 3.05) is 5.32 Å². The van der Waals surface area contributed by atoms with Crippen LogP contribution in [-0.4, -0.2) is 16.1 Å². The van der Waals surface area contributed by atoms with Crippen LogP contribution in [0.25, 0.3) is 0 Å². The Labute approximate surface area is 134 Å². The molecule has 1 amide bonds. The molecule has 2 heterocycles. The number of anilines is 1. The molecule has 0 spiro atoms. The smallest absolute Gasteiger partial charge is 0.322 e. The van der Waals surface area contributed by atoms with Crippen molar-refractivity contribution in [3.63, 3.8) is 0 Å². The number of thiophene rings is 1. The van der Waals surface area contributed by atoms with E-state index in [1.807, 2.05) is 30.3 Å². The zero-order valence-electron chi connectivity index (χ0n) is 11.2. The highest BCUT2D eigenvalue weighted by Crippen LogP contribution is 2.22. The van der Waals surface area contributed by atoms with Crippen molar-refractivity contribution in [3.8, 4) is 5.75 Å². The summed E-state index contributed by atoms with van der Waals surface area (Å²) in [5, 5.41) is 10.1. The van der Waals surface area contributed by atoms with Gasteiger partial charge in [-0.2, -0.15) is 0 Å². The van der Waals surface area contributed by atoms with E-state index in [1.165, 1.54) is 11.3 Å². The SMILES string of the molecule is O=C(Nc1nnc(COc2ccccc2)o1)c1ccc(Cl)s1. The second kappa shape index (κ2) is 6.59. The van der Waals surface area contributed by atoms with Crippen LogP contribution in [0.5, 0.6) is 5.75 Å². The van der Waals surface area contributed by atoms with Gasteiger partial charge in [0, 0.05) is 0 Å². The van der Waals surface area contributed by atoms with E-state index in [-0.39, 0.29) is 24.4 Å². The molecule has 0 fully saturated rings. The van der Waals surface area contributed by atoms with E-state index in [4.69, 9.17) is 20.8 Å². The van der Waals surface area contributed by atoms with Crippen molar-refractivity contribution in [1.29, 1.82) is 0 Å². The van der Waals surface area contributed by atoms with Gasteiger partial charge in [0.1, 0.15) is 5.75 Å². The monoisotopic (exact) mass is 335 g/mol. The average Bonchev–Trinajstić information content (AvgIpc) is 3.15. The fraction of sp³-hybridized carbons (Fsp3) is 0.0714. The first-order chi connectivity index (χ1) is 10.7. The summed E-state index contributed by atoms with van der Waals surface area (Å²) in [6.45, 7) is 0.123. The maximum absolute atomic E-state index is 11.9. The van der Waals surface area contributed by atoms with Gasteiger partial charge < -0.3 is 9.15 Å². The van der Waals surface area contributed by atoms with Gasteiger partial charge in [0.25, 0.3) is 11.8 Å². The summed E-state index contributed by atoms with van der Waals surface area (Å²) in [6.07, 6.45) is 0. The van der Waals surface area contributed by atoms with Crippen LogP contribution >= 0.6 is 22.9 Å². The van der Waals surface area contributed by atoms with E-state index in [1.54, 1.807) is 12.1 Å². The van der Waals surface area contributed by atoms with Gasteiger partial charge >= 0.3 is 6.01 Å². The van der Waals surface area contributed by atoms with Gasteiger partial charge in [-0.3, -0.25) is 10.1 Å². The molecule has 0 radical (unpaired) electrons. The molecule has 6 nitrogen and oxygen atoms in total. The Morgan fingerprint density at radius 3 is 2.77 bits per heavy atom. The van der Waals surface area contributed by atoms with Crippen molar-refractivity contribution in [2.45, 2.75) is 6.61 Å². The molecule has 0 aliphatic carbocycles. The zero-order chi connectivity index (χ0) is 15.4. The number of benzene rings is 1. The number of nitrogens with zero attached hydrogens (tertiary/aromatic N) is 2. The summed E-state index contributed by atoms with van der Waals surface area (Å²) >= 11 is 6.95. The Morgan fingerprint density at radius 2 is 2.05 bits per heavy atom. The Hall–Kier alpha value is -2.38. The zero-order valence-corrected chi connectivity index (χ0v) is 12.7. The number of aromatic nitrogens is 2. The molecule has 0 unspecified atom stereocenters. The molecule has 112 valence electrons. The second-order valence-electron chi connectivity index (χ2n) is 4.16. The average molecular weight is 336 g/mol. The van der Waals surface area contributed by atoms with E-state index in [9.17, 15) is 4.79 Å². The van der Waals surface area contributed by atoms with Gasteiger partial charge in [-0.1, -0.05) is 34.9 Å². The summed E-state index contributed by atoms with van der Waals surface area (Å²) in [6, 6.07) is 12.5. The van der Waals surface area contributed by atoms with Gasteiger partial charge in [0.15, 0.2) is 6.61 Å². The Bertz CT molecular complexity index is 773. The van der Waals surface area contributed by atoms with E-state index >= 15 is 0 Å². The largest absolute Gasteiger partial charge is 0.484 e. The highest BCUT2D eigenvalue weighted by atomic mass is 35.5. The Morgan fingerprint density at radius 1 is 1.23 bits per heavy atom. The predicted molar refractivity (Wildman–Crippen MR) is 82.4 cm³/mol. The van der Waals surface area contributed by atoms with Gasteiger partial charge in [-0.05, 0) is 24.3 Å². The minimum Gasteiger partial charge on any atom is -0.484 e. The summed E-state index contributed by atoms with van der Waals surface area (Å²) < 4.78 is 11.3. The number of hydrogen-bond acceptors (Lipinski definition) is 6. The molecule has 0 saturated heterocycles. The highest BCUT2D eigenvalue weighted by Gasteiger charge is 2.13. The lowest BCUT2D eigenvalue weighted by Gasteiger charge is -2.01. The topological polar surface area (TPSA) is 77.2 Å². The third-order valence-corrected chi connectivity index (χ3v) is 3.82. The highest BCUT2D eigenvalue weighted by molar-refractivity contribution is 7.18. The van der Waals surface area contributed by atoms with Gasteiger partial charge in [0.05, 0.1) is 9.21 Å². The van der Waals surface area contributed by atoms with Crippen LogP contribution in [0.1, 0.15) is 15.6 Å². The molecule has 0 bridgehead atoms. The van der Waals surface area contributed by atoms with Crippen LogP contribution in [0.15, 0.2) is 46.9 Å². The van der Waals surface area contributed by atoms with Crippen molar-refractivity contribution >= 4 is 34.9 Å². The molecule has 1 aromatic carbocycles. The molecule has 0 saturated carbocycles. The van der Waals surface area contributed by atoms with E-state index in [0.717, 1.165) is 0 Å². The predicted octanol–water partition coefficient (Wildman–Crippen LogP) is 3.62. The van der Waals surface area contributed by atoms with Crippen LogP contribution in [0, 0.1) is 0 Å². The third kappa shape index (κ3) is 3.63. The minimum atomic E-state index is -0.351. The van der Waals surface area contributed by atoms with Crippen molar-refractivity contribution in [2.24, 2.45) is 0 Å². The molecule has 2 aromatic heterocycles. The lowest BCUT2D eigenvalue weighted by Crippen LogP contribution is -2.10. The first-order valence-electron chi connectivity index (χ1n) is 6.27. The summed E-state index contributed by atoms with van der Waals surface area (Å²) in [7, 11) is 0. The van der Waals surface area contributed by atoms with Crippen LogP contribution < -0.4 is 10.1 Å². The quantitative estimate of drug-likeness (QED) is 0.770. The molecular formula is C14H10ClN3O3S. The number of rotatable bonds is 5. The lowest BCUT2D eigenvalue weighted by molar-refractivity contribution is 0.102. The fourth-order valence-corrected chi connectivity index (χ4v) is 2.56. The molecular weight excluding hydrogens is 326 g/mol. The number of amides is 1. The number of ether oxygens (including phenoxy) is 1. The van der Waals surface area contributed by atoms with Crippen molar-refractivity contribution in [3.05, 3.63) is 57.6 Å². The molecule has 3 aromatic rings. The number of carbonyl (C=O) groups is 1. The molecule has 0 aliphatic rings. The van der Waals surface area contributed by atoms with Crippen molar-refractivity contribution < 1.29 is 13.9 Å². The van der Waals surface area contributed by atoms with Crippen molar-refractivity contribution in [1.82, 2.24) is 10.2 Å². The van der Waals surface area contributed by atoms with E-state index in [0.29, 0.717) is 15.0 Å². The molecule has 1 N–H and O–H groups in total. The van der Waals surface area contributed by atoms with Crippen LogP contribution in [0.2, 0.25) is 4.34 Å². The third-order valence-electron chi connectivity index (χ3n) is 2.59. The summed E-state index contributed by atoms with van der Waals surface area (Å²) in [5.74, 6) is 0.610. The first kappa shape index (κ1) is 14.6. The Balaban J connectivity index is 1.58. The fourth-order valence-electron chi connectivity index (χ4n) is 1.62. The normalized spacial score (nSPS) is 10.4. The second-order valence-corrected chi connectivity index (χ2v) is 5.88. The summed E-state index contributed by atoms with van der Waals surface area (Å²) in [5.41, 5.74) is 0. The van der Waals surface area contributed by atoms with Gasteiger partial charge in [-0.15, -0.1) is 16.4 Å². The van der Waals surface area contributed by atoms with Crippen LogP contribution in [0.4, 0.5) is 6.01 Å².